The molecule has 3 N–H and O–H groups in total. The fraction of sp³-hybridized carbons (Fsp3) is 0.273. The maximum Gasteiger partial charge on any atom is 0.276 e. The zero-order valence-corrected chi connectivity index (χ0v) is 17.1. The first-order valence-electron chi connectivity index (χ1n) is 10.1. The van der Waals surface area contributed by atoms with Crippen molar-refractivity contribution in [2.24, 2.45) is 10.9 Å². The molecule has 1 aliphatic heterocycles. The van der Waals surface area contributed by atoms with Crippen molar-refractivity contribution >= 4 is 23.7 Å². The third-order valence-electron chi connectivity index (χ3n) is 5.43. The minimum atomic E-state index is -2.93. The normalized spacial score (nSPS) is 23.1. The van der Waals surface area contributed by atoms with Crippen molar-refractivity contribution in [3.8, 4) is 11.1 Å². The van der Waals surface area contributed by atoms with E-state index in [4.69, 9.17) is 0 Å². The number of amides is 2. The zero-order chi connectivity index (χ0) is 23.6. The molecule has 2 amide bonds. The molecule has 1 aromatic carbocycles. The molecule has 2 heterocycles. The van der Waals surface area contributed by atoms with E-state index in [1.807, 2.05) is 0 Å². The lowest BCUT2D eigenvalue weighted by atomic mass is 10.0. The van der Waals surface area contributed by atoms with E-state index in [2.05, 4.69) is 25.9 Å². The number of aliphatic imine (C=N–C) groups is 1. The van der Waals surface area contributed by atoms with E-state index in [-0.39, 0.29) is 23.2 Å². The van der Waals surface area contributed by atoms with Gasteiger partial charge in [-0.05, 0) is 30.7 Å². The molecule has 33 heavy (non-hydrogen) atoms. The van der Waals surface area contributed by atoms with Crippen molar-refractivity contribution in [3.05, 3.63) is 60.7 Å². The van der Waals surface area contributed by atoms with Gasteiger partial charge in [0, 0.05) is 48.5 Å². The van der Waals surface area contributed by atoms with E-state index < -0.39 is 53.8 Å². The summed E-state index contributed by atoms with van der Waals surface area (Å²) >= 11 is 0. The monoisotopic (exact) mass is 461 g/mol. The highest BCUT2D eigenvalue weighted by atomic mass is 19.3. The summed E-state index contributed by atoms with van der Waals surface area (Å²) in [5, 5.41) is 7.71. The molecule has 2 aliphatic rings. The van der Waals surface area contributed by atoms with Gasteiger partial charge in [0.1, 0.15) is 11.6 Å². The Kier molecular flexibility index (Phi) is 5.88. The quantitative estimate of drug-likeness (QED) is 0.595. The van der Waals surface area contributed by atoms with Crippen molar-refractivity contribution in [2.45, 2.75) is 30.8 Å². The second-order valence-corrected chi connectivity index (χ2v) is 7.87. The van der Waals surface area contributed by atoms with E-state index >= 15 is 0 Å². The number of hydrogen-bond acceptors (Lipinski definition) is 5. The summed E-state index contributed by atoms with van der Waals surface area (Å²) in [4.78, 5) is 33.6. The fourth-order valence-electron chi connectivity index (χ4n) is 3.73. The lowest BCUT2D eigenvalue weighted by Gasteiger charge is -2.32. The number of anilines is 1. The molecule has 0 bridgehead atoms. The minimum Gasteiger partial charge on any atom is -0.355 e. The molecule has 0 saturated heterocycles. The largest absolute Gasteiger partial charge is 0.355 e. The van der Waals surface area contributed by atoms with Crippen molar-refractivity contribution in [2.75, 3.05) is 5.32 Å². The highest BCUT2D eigenvalue weighted by molar-refractivity contribution is 6.12. The number of alkyl halides is 2. The maximum atomic E-state index is 14.1. The number of rotatable bonds is 5. The van der Waals surface area contributed by atoms with Crippen LogP contribution in [-0.2, 0) is 9.59 Å². The van der Waals surface area contributed by atoms with Gasteiger partial charge in [-0.25, -0.2) is 17.6 Å². The predicted molar refractivity (Wildman–Crippen MR) is 112 cm³/mol. The molecule has 1 fully saturated rings. The summed E-state index contributed by atoms with van der Waals surface area (Å²) in [7, 11) is 0. The van der Waals surface area contributed by atoms with Crippen LogP contribution in [0.4, 0.5) is 23.2 Å². The predicted octanol–water partition coefficient (Wildman–Crippen LogP) is 3.36. The van der Waals surface area contributed by atoms with Crippen LogP contribution in [0.2, 0.25) is 0 Å². The van der Waals surface area contributed by atoms with Gasteiger partial charge in [-0.2, -0.15) is 0 Å². The number of halogens is 4. The molecule has 2 unspecified atom stereocenters. The molecule has 7 nitrogen and oxygen atoms in total. The van der Waals surface area contributed by atoms with Crippen LogP contribution >= 0.6 is 0 Å². The third-order valence-corrected chi connectivity index (χ3v) is 5.43. The number of nitrogens with one attached hydrogen (secondary N) is 3. The molecule has 172 valence electrons. The molecule has 11 heteroatoms. The van der Waals surface area contributed by atoms with Crippen molar-refractivity contribution in [1.82, 2.24) is 15.6 Å². The van der Waals surface area contributed by atoms with Crippen molar-refractivity contribution in [3.63, 3.8) is 0 Å². The van der Waals surface area contributed by atoms with Crippen LogP contribution in [0.3, 0.4) is 0 Å². The Morgan fingerprint density at radius 2 is 1.97 bits per heavy atom. The molecule has 2 atom stereocenters. The van der Waals surface area contributed by atoms with Crippen LogP contribution in [0.15, 0.2) is 54.1 Å². The summed E-state index contributed by atoms with van der Waals surface area (Å²) in [6.07, 6.45) is 5.37. The molecule has 4 rings (SSSR count). The standard InChI is InChI=1S/C22H19F4N5O2/c23-15-1-2-18(24)17(8-15)14-7-16(11-28-10-14)30-20(33)22(12-27-5-6-29-22)31-19(32)13-3-4-21(25,26)9-13/h1-2,5-8,10-13,29H,3-4,9H2,(H,30,33)(H,31,32). The number of nitrogens with zero attached hydrogens (tertiary/aromatic N) is 2. The van der Waals surface area contributed by atoms with Crippen molar-refractivity contribution in [1.29, 1.82) is 0 Å². The topological polar surface area (TPSA) is 95.5 Å². The average molecular weight is 461 g/mol. The first-order valence-corrected chi connectivity index (χ1v) is 10.1. The van der Waals surface area contributed by atoms with Gasteiger partial charge in [-0.3, -0.25) is 19.6 Å². The van der Waals surface area contributed by atoms with E-state index in [0.29, 0.717) is 0 Å². The molecular formula is C22H19F4N5O2. The van der Waals surface area contributed by atoms with Gasteiger partial charge in [0.15, 0.2) is 0 Å². The summed E-state index contributed by atoms with van der Waals surface area (Å²) in [6.45, 7) is 0. The lowest BCUT2D eigenvalue weighted by molar-refractivity contribution is -0.131. The Labute approximate surface area is 186 Å². The van der Waals surface area contributed by atoms with E-state index in [0.717, 1.165) is 24.4 Å². The van der Waals surface area contributed by atoms with Crippen LogP contribution in [0.1, 0.15) is 19.3 Å². The highest BCUT2D eigenvalue weighted by Crippen LogP contribution is 2.39. The van der Waals surface area contributed by atoms with E-state index in [1.165, 1.54) is 30.9 Å². The second kappa shape index (κ2) is 8.64. The van der Waals surface area contributed by atoms with Crippen LogP contribution in [0, 0.1) is 17.6 Å². The van der Waals surface area contributed by atoms with Gasteiger partial charge in [-0.1, -0.05) is 0 Å². The van der Waals surface area contributed by atoms with Crippen LogP contribution < -0.4 is 16.0 Å². The smallest absolute Gasteiger partial charge is 0.276 e. The number of hydrogen-bond donors (Lipinski definition) is 3. The van der Waals surface area contributed by atoms with E-state index in [9.17, 15) is 27.2 Å². The van der Waals surface area contributed by atoms with Crippen LogP contribution in [0.5, 0.6) is 0 Å². The number of carbonyl (C=O) groups is 2. The molecule has 2 aromatic rings. The zero-order valence-electron chi connectivity index (χ0n) is 17.1. The first-order chi connectivity index (χ1) is 15.7. The van der Waals surface area contributed by atoms with Gasteiger partial charge < -0.3 is 16.0 Å². The highest BCUT2D eigenvalue weighted by Gasteiger charge is 2.46. The summed E-state index contributed by atoms with van der Waals surface area (Å²) < 4.78 is 54.8. The molecule has 1 aromatic heterocycles. The Morgan fingerprint density at radius 1 is 1.15 bits per heavy atom. The maximum absolute atomic E-state index is 14.1. The Bertz CT molecular complexity index is 1150. The van der Waals surface area contributed by atoms with Gasteiger partial charge >= 0.3 is 0 Å². The van der Waals surface area contributed by atoms with Crippen LogP contribution in [-0.4, -0.2) is 34.6 Å². The number of pyridine rings is 1. The molecule has 1 saturated carbocycles. The fourth-order valence-corrected chi connectivity index (χ4v) is 3.73. The van der Waals surface area contributed by atoms with Gasteiger partial charge in [-0.15, -0.1) is 0 Å². The minimum absolute atomic E-state index is 0.00528. The van der Waals surface area contributed by atoms with Gasteiger partial charge in [0.2, 0.25) is 17.5 Å². The first kappa shape index (κ1) is 22.4. The van der Waals surface area contributed by atoms with Crippen LogP contribution in [0.25, 0.3) is 11.1 Å². The molecule has 1 aliphatic carbocycles. The van der Waals surface area contributed by atoms with E-state index in [1.54, 1.807) is 0 Å². The average Bonchev–Trinajstić information content (AvgIpc) is 3.16. The summed E-state index contributed by atoms with van der Waals surface area (Å²) in [5.74, 6) is -6.70. The summed E-state index contributed by atoms with van der Waals surface area (Å²) in [6, 6.07) is 4.33. The number of aromatic nitrogens is 1. The van der Waals surface area contributed by atoms with Gasteiger partial charge in [0.05, 0.1) is 18.1 Å². The Balaban J connectivity index is 1.55. The molecule has 0 spiro atoms. The second-order valence-electron chi connectivity index (χ2n) is 7.87. The number of benzene rings is 1. The number of carbonyl (C=O) groups excluding carboxylic acids is 2. The SMILES string of the molecule is O=C(NC1(C(=O)Nc2cncc(-c3cc(F)ccc3F)c2)C=NC=CN1)C1CCC(F)(F)C1. The van der Waals surface area contributed by atoms with Gasteiger partial charge in [0.25, 0.3) is 5.91 Å². The Morgan fingerprint density at radius 3 is 2.67 bits per heavy atom. The molecular weight excluding hydrogens is 442 g/mol. The Hall–Kier alpha value is -3.76. The lowest BCUT2D eigenvalue weighted by Crippen LogP contribution is -2.67. The molecule has 0 radical (unpaired) electrons. The summed E-state index contributed by atoms with van der Waals surface area (Å²) in [5.41, 5.74) is -1.55. The van der Waals surface area contributed by atoms with Crippen molar-refractivity contribution < 1.29 is 27.2 Å². The third kappa shape index (κ3) is 4.86.